The topological polar surface area (TPSA) is 0 Å². The number of hydrogen-bond donors (Lipinski definition) is 0. The highest BCUT2D eigenvalue weighted by Gasteiger charge is 2.18. The van der Waals surface area contributed by atoms with Crippen LogP contribution >= 0.6 is 23.2 Å². The first-order valence-corrected chi connectivity index (χ1v) is 5.34. The van der Waals surface area contributed by atoms with Gasteiger partial charge in [0, 0.05) is 5.88 Å². The summed E-state index contributed by atoms with van der Waals surface area (Å²) in [6, 6.07) is 10.3. The van der Waals surface area contributed by atoms with E-state index in [0.717, 1.165) is 12.8 Å². The van der Waals surface area contributed by atoms with Crippen LogP contribution in [0.3, 0.4) is 0 Å². The Bertz CT molecular complexity index is 242. The van der Waals surface area contributed by atoms with E-state index in [1.165, 1.54) is 5.56 Å². The van der Waals surface area contributed by atoms with Crippen molar-refractivity contribution in [1.29, 1.82) is 0 Å². The van der Waals surface area contributed by atoms with Crippen molar-refractivity contribution in [2.24, 2.45) is 0 Å². The van der Waals surface area contributed by atoms with Crippen LogP contribution in [0.2, 0.25) is 0 Å². The molecule has 0 amide bonds. The second-order valence-corrected chi connectivity index (χ2v) is 4.71. The Hall–Kier alpha value is -0.200. The van der Waals surface area contributed by atoms with Crippen LogP contribution in [-0.2, 0) is 6.42 Å². The monoisotopic (exact) mass is 216 g/mol. The largest absolute Gasteiger partial charge is 0.125 e. The van der Waals surface area contributed by atoms with Gasteiger partial charge in [-0.05, 0) is 25.3 Å². The van der Waals surface area contributed by atoms with E-state index in [2.05, 4.69) is 12.1 Å². The van der Waals surface area contributed by atoms with Crippen molar-refractivity contribution in [2.45, 2.75) is 24.6 Å². The SMILES string of the molecule is CC(Cl)(CCl)CCc1ccccc1. The lowest BCUT2D eigenvalue weighted by molar-refractivity contribution is 0.633. The van der Waals surface area contributed by atoms with Crippen molar-refractivity contribution in [3.05, 3.63) is 35.9 Å². The molecule has 1 unspecified atom stereocenters. The van der Waals surface area contributed by atoms with Gasteiger partial charge in [0.1, 0.15) is 0 Å². The third kappa shape index (κ3) is 4.02. The van der Waals surface area contributed by atoms with E-state index in [1.54, 1.807) is 0 Å². The average molecular weight is 217 g/mol. The first-order valence-electron chi connectivity index (χ1n) is 4.43. The van der Waals surface area contributed by atoms with Crippen LogP contribution in [0.1, 0.15) is 18.9 Å². The summed E-state index contributed by atoms with van der Waals surface area (Å²) in [5.74, 6) is 0.501. The molecule has 72 valence electrons. The van der Waals surface area contributed by atoms with E-state index in [1.807, 2.05) is 25.1 Å². The summed E-state index contributed by atoms with van der Waals surface area (Å²) < 4.78 is 0. The van der Waals surface area contributed by atoms with E-state index in [0.29, 0.717) is 5.88 Å². The van der Waals surface area contributed by atoms with Crippen molar-refractivity contribution < 1.29 is 0 Å². The summed E-state index contributed by atoms with van der Waals surface area (Å²) >= 11 is 11.9. The van der Waals surface area contributed by atoms with Crippen molar-refractivity contribution >= 4 is 23.2 Å². The van der Waals surface area contributed by atoms with Gasteiger partial charge in [0.2, 0.25) is 0 Å². The predicted molar refractivity (Wildman–Crippen MR) is 59.7 cm³/mol. The molecule has 0 saturated heterocycles. The molecule has 0 aliphatic rings. The van der Waals surface area contributed by atoms with Gasteiger partial charge in [0.15, 0.2) is 0 Å². The predicted octanol–water partition coefficient (Wildman–Crippen LogP) is 3.86. The van der Waals surface area contributed by atoms with Crippen LogP contribution in [0, 0.1) is 0 Å². The average Bonchev–Trinajstić information content (AvgIpc) is 2.17. The summed E-state index contributed by atoms with van der Waals surface area (Å²) in [5.41, 5.74) is 1.32. The molecule has 0 bridgehead atoms. The second kappa shape index (κ2) is 4.88. The molecular weight excluding hydrogens is 203 g/mol. The van der Waals surface area contributed by atoms with Crippen molar-refractivity contribution in [3.8, 4) is 0 Å². The zero-order valence-electron chi connectivity index (χ0n) is 7.76. The maximum atomic E-state index is 6.14. The lowest BCUT2D eigenvalue weighted by Gasteiger charge is -2.17. The molecule has 0 saturated carbocycles. The molecule has 0 radical (unpaired) electrons. The van der Waals surface area contributed by atoms with Gasteiger partial charge >= 0.3 is 0 Å². The Morgan fingerprint density at radius 3 is 2.38 bits per heavy atom. The van der Waals surface area contributed by atoms with Crippen molar-refractivity contribution in [2.75, 3.05) is 5.88 Å². The lowest BCUT2D eigenvalue weighted by Crippen LogP contribution is -2.19. The maximum Gasteiger partial charge on any atom is 0.0556 e. The third-order valence-electron chi connectivity index (χ3n) is 2.06. The Labute approximate surface area is 89.9 Å². The van der Waals surface area contributed by atoms with Crippen LogP contribution < -0.4 is 0 Å². The van der Waals surface area contributed by atoms with Crippen LogP contribution in [-0.4, -0.2) is 10.8 Å². The summed E-state index contributed by atoms with van der Waals surface area (Å²) in [4.78, 5) is -0.266. The maximum absolute atomic E-state index is 6.14. The van der Waals surface area contributed by atoms with Crippen molar-refractivity contribution in [1.82, 2.24) is 0 Å². The second-order valence-electron chi connectivity index (χ2n) is 3.53. The summed E-state index contributed by atoms with van der Waals surface area (Å²) in [7, 11) is 0. The summed E-state index contributed by atoms with van der Waals surface area (Å²) in [6.07, 6.45) is 1.91. The Balaban J connectivity index is 2.44. The van der Waals surface area contributed by atoms with Gasteiger partial charge in [-0.1, -0.05) is 30.3 Å². The Kier molecular flexibility index (Phi) is 4.08. The number of aryl methyl sites for hydroxylation is 1. The van der Waals surface area contributed by atoms with Gasteiger partial charge in [0.05, 0.1) is 4.87 Å². The highest BCUT2D eigenvalue weighted by atomic mass is 35.5. The molecule has 0 spiro atoms. The quantitative estimate of drug-likeness (QED) is 0.672. The smallest absolute Gasteiger partial charge is 0.0556 e. The fraction of sp³-hybridized carbons (Fsp3) is 0.455. The standard InChI is InChI=1S/C11H14Cl2/c1-11(13,9-12)8-7-10-5-3-2-4-6-10/h2-6H,7-9H2,1H3. The minimum Gasteiger partial charge on any atom is -0.125 e. The van der Waals surface area contributed by atoms with Crippen LogP contribution in [0.4, 0.5) is 0 Å². The van der Waals surface area contributed by atoms with Gasteiger partial charge in [-0.2, -0.15) is 0 Å². The zero-order valence-corrected chi connectivity index (χ0v) is 9.28. The minimum absolute atomic E-state index is 0.266. The summed E-state index contributed by atoms with van der Waals surface area (Å²) in [6.45, 7) is 1.98. The molecule has 1 aromatic carbocycles. The highest BCUT2D eigenvalue weighted by Crippen LogP contribution is 2.22. The molecule has 13 heavy (non-hydrogen) atoms. The molecule has 0 aromatic heterocycles. The molecule has 1 aromatic rings. The first kappa shape index (κ1) is 10.9. The molecule has 0 fully saturated rings. The number of hydrogen-bond acceptors (Lipinski definition) is 0. The fourth-order valence-electron chi connectivity index (χ4n) is 1.12. The highest BCUT2D eigenvalue weighted by molar-refractivity contribution is 6.30. The molecule has 0 aliphatic carbocycles. The number of alkyl halides is 2. The van der Waals surface area contributed by atoms with Crippen LogP contribution in [0.5, 0.6) is 0 Å². The molecule has 0 nitrogen and oxygen atoms in total. The van der Waals surface area contributed by atoms with E-state index in [-0.39, 0.29) is 4.87 Å². The summed E-state index contributed by atoms with van der Waals surface area (Å²) in [5, 5.41) is 0. The van der Waals surface area contributed by atoms with Crippen LogP contribution in [0.25, 0.3) is 0 Å². The van der Waals surface area contributed by atoms with Gasteiger partial charge in [-0.3, -0.25) is 0 Å². The van der Waals surface area contributed by atoms with Gasteiger partial charge in [0.25, 0.3) is 0 Å². The fourth-order valence-corrected chi connectivity index (χ4v) is 1.34. The van der Waals surface area contributed by atoms with E-state index >= 15 is 0 Å². The van der Waals surface area contributed by atoms with Crippen molar-refractivity contribution in [3.63, 3.8) is 0 Å². The van der Waals surface area contributed by atoms with Gasteiger partial charge < -0.3 is 0 Å². The molecule has 0 aliphatic heterocycles. The van der Waals surface area contributed by atoms with Gasteiger partial charge in [-0.15, -0.1) is 23.2 Å². The first-order chi connectivity index (χ1) is 6.14. The number of rotatable bonds is 4. The Morgan fingerprint density at radius 1 is 1.23 bits per heavy atom. The number of benzene rings is 1. The molecule has 1 atom stereocenters. The Morgan fingerprint density at radius 2 is 1.85 bits per heavy atom. The minimum atomic E-state index is -0.266. The lowest BCUT2D eigenvalue weighted by atomic mass is 10.0. The molecule has 1 rings (SSSR count). The zero-order chi connectivity index (χ0) is 9.73. The molecular formula is C11H14Cl2. The third-order valence-corrected chi connectivity index (χ3v) is 3.11. The normalized spacial score (nSPS) is 15.3. The molecule has 0 heterocycles. The van der Waals surface area contributed by atoms with E-state index < -0.39 is 0 Å². The van der Waals surface area contributed by atoms with Crippen LogP contribution in [0.15, 0.2) is 30.3 Å². The van der Waals surface area contributed by atoms with E-state index in [9.17, 15) is 0 Å². The van der Waals surface area contributed by atoms with Gasteiger partial charge in [-0.25, -0.2) is 0 Å². The molecule has 2 heteroatoms. The number of halogens is 2. The van der Waals surface area contributed by atoms with E-state index in [4.69, 9.17) is 23.2 Å². The molecule has 0 N–H and O–H groups in total.